The first kappa shape index (κ1) is 15.9. The zero-order valence-electron chi connectivity index (χ0n) is 14.2. The van der Waals surface area contributed by atoms with Crippen LogP contribution in [-0.2, 0) is 0 Å². The van der Waals surface area contributed by atoms with Crippen molar-refractivity contribution in [3.8, 4) is 0 Å². The lowest BCUT2D eigenvalue weighted by Gasteiger charge is -2.51. The summed E-state index contributed by atoms with van der Waals surface area (Å²) in [4.78, 5) is 17.3. The van der Waals surface area contributed by atoms with Crippen LogP contribution in [0.1, 0.15) is 34.8 Å². The Morgan fingerprint density at radius 1 is 1.12 bits per heavy atom. The average molecular weight is 358 g/mol. The van der Waals surface area contributed by atoms with Gasteiger partial charge in [0.05, 0.1) is 6.04 Å². The molecule has 3 atom stereocenters. The van der Waals surface area contributed by atoms with E-state index in [2.05, 4.69) is 15.1 Å². The van der Waals surface area contributed by atoms with Crippen LogP contribution in [0.3, 0.4) is 0 Å². The second-order valence-electron chi connectivity index (χ2n) is 7.59. The fraction of sp³-hybridized carbons (Fsp3) is 0.474. The third kappa shape index (κ3) is 2.37. The molecule has 136 valence electrons. The van der Waals surface area contributed by atoms with Crippen molar-refractivity contribution >= 4 is 5.91 Å². The van der Waals surface area contributed by atoms with Gasteiger partial charge in [0.25, 0.3) is 5.91 Å². The highest BCUT2D eigenvalue weighted by atomic mass is 19.1. The van der Waals surface area contributed by atoms with Gasteiger partial charge in [-0.2, -0.15) is 5.10 Å². The van der Waals surface area contributed by atoms with Crippen LogP contribution in [0.25, 0.3) is 0 Å². The van der Waals surface area contributed by atoms with Gasteiger partial charge in [-0.05, 0) is 55.6 Å². The number of H-pyrrole nitrogens is 1. The van der Waals surface area contributed by atoms with Crippen LogP contribution in [0.15, 0.2) is 30.5 Å². The zero-order chi connectivity index (χ0) is 17.8. The second-order valence-corrected chi connectivity index (χ2v) is 7.59. The Hall–Kier alpha value is -2.28. The largest absolute Gasteiger partial charge is 0.332 e. The van der Waals surface area contributed by atoms with Crippen molar-refractivity contribution in [1.29, 1.82) is 0 Å². The van der Waals surface area contributed by atoms with Crippen molar-refractivity contribution in [2.45, 2.75) is 30.8 Å². The van der Waals surface area contributed by atoms with Crippen LogP contribution in [-0.4, -0.2) is 57.6 Å². The summed E-state index contributed by atoms with van der Waals surface area (Å²) in [6, 6.07) is 5.61. The molecule has 0 radical (unpaired) electrons. The van der Waals surface area contributed by atoms with E-state index in [-0.39, 0.29) is 23.9 Å². The van der Waals surface area contributed by atoms with Crippen molar-refractivity contribution in [3.05, 3.63) is 53.4 Å². The van der Waals surface area contributed by atoms with Gasteiger partial charge in [0, 0.05) is 30.8 Å². The smallest absolute Gasteiger partial charge is 0.272 e. The van der Waals surface area contributed by atoms with E-state index in [1.54, 1.807) is 12.3 Å². The maximum absolute atomic E-state index is 13.8. The Morgan fingerprint density at radius 3 is 2.50 bits per heavy atom. The van der Waals surface area contributed by atoms with Crippen molar-refractivity contribution < 1.29 is 13.6 Å². The van der Waals surface area contributed by atoms with Crippen LogP contribution >= 0.6 is 0 Å². The molecule has 4 aliphatic rings. The molecular formula is C19H20F2N4O. The third-order valence-corrected chi connectivity index (χ3v) is 6.30. The molecule has 7 heteroatoms. The highest BCUT2D eigenvalue weighted by Gasteiger charge is 2.54. The van der Waals surface area contributed by atoms with Gasteiger partial charge in [0.15, 0.2) is 0 Å². The number of piperidine rings is 3. The Bertz CT molecular complexity index is 812. The maximum Gasteiger partial charge on any atom is 0.272 e. The molecule has 2 bridgehead atoms. The summed E-state index contributed by atoms with van der Waals surface area (Å²) in [6.07, 6.45) is 3.70. The number of carbonyl (C=O) groups excluding carboxylic acids is 1. The number of nitrogens with zero attached hydrogens (tertiary/aromatic N) is 3. The normalized spacial score (nSPS) is 32.7. The standard InChI is InChI=1S/C19H20F2N4O/c20-13-7-12(8-14(21)9-13)15-10-25(19(26)16-1-4-22-23-16)17-11-2-5-24(6-3-11)18(15)17/h1,4,7-9,11,15,17-18H,2-3,5-6,10H2,(H,22,23)/t15-,17-,18-/m1/s1. The number of rotatable bonds is 2. The number of likely N-dealkylation sites (tertiary alicyclic amines) is 1. The predicted octanol–water partition coefficient (Wildman–Crippen LogP) is 2.39. The van der Waals surface area contributed by atoms with E-state index in [4.69, 9.17) is 0 Å². The van der Waals surface area contributed by atoms with Gasteiger partial charge in [-0.25, -0.2) is 8.78 Å². The van der Waals surface area contributed by atoms with Gasteiger partial charge in [0.2, 0.25) is 0 Å². The highest BCUT2D eigenvalue weighted by molar-refractivity contribution is 5.92. The lowest BCUT2D eigenvalue weighted by molar-refractivity contribution is -0.00361. The predicted molar refractivity (Wildman–Crippen MR) is 90.6 cm³/mol. The molecule has 1 amide bonds. The van der Waals surface area contributed by atoms with Crippen molar-refractivity contribution in [1.82, 2.24) is 20.0 Å². The van der Waals surface area contributed by atoms with Crippen LogP contribution in [0.4, 0.5) is 8.78 Å². The molecule has 26 heavy (non-hydrogen) atoms. The molecular weight excluding hydrogens is 338 g/mol. The molecule has 0 unspecified atom stereocenters. The lowest BCUT2D eigenvalue weighted by atomic mass is 9.75. The molecule has 2 aromatic rings. The number of amides is 1. The van der Waals surface area contributed by atoms with E-state index in [1.165, 1.54) is 12.1 Å². The first-order valence-electron chi connectivity index (χ1n) is 9.12. The van der Waals surface area contributed by atoms with Crippen molar-refractivity contribution in [2.75, 3.05) is 19.6 Å². The molecule has 1 aromatic carbocycles. The topological polar surface area (TPSA) is 52.2 Å². The van der Waals surface area contributed by atoms with Gasteiger partial charge in [-0.1, -0.05) is 0 Å². The minimum Gasteiger partial charge on any atom is -0.332 e. The summed E-state index contributed by atoms with van der Waals surface area (Å²) >= 11 is 0. The number of hydrogen-bond acceptors (Lipinski definition) is 3. The average Bonchev–Trinajstić information content (AvgIpc) is 3.30. The molecule has 1 N–H and O–H groups in total. The number of nitrogens with one attached hydrogen (secondary N) is 1. The number of carbonyl (C=O) groups is 1. The Balaban J connectivity index is 1.55. The SMILES string of the molecule is O=C(c1ccn[nH]1)N1C[C@H](c2cc(F)cc(F)c2)[C@@H]2[C@H]1C1CCN2CC1. The molecule has 4 fully saturated rings. The first-order valence-corrected chi connectivity index (χ1v) is 9.12. The minimum atomic E-state index is -0.564. The number of hydrogen-bond donors (Lipinski definition) is 1. The molecule has 4 saturated heterocycles. The first-order chi connectivity index (χ1) is 12.6. The summed E-state index contributed by atoms with van der Waals surface area (Å²) in [6.45, 7) is 2.46. The fourth-order valence-electron chi connectivity index (χ4n) is 5.27. The molecule has 0 aliphatic carbocycles. The number of halogens is 2. The van der Waals surface area contributed by atoms with E-state index >= 15 is 0 Å². The van der Waals surface area contributed by atoms with Gasteiger partial charge in [0.1, 0.15) is 17.3 Å². The van der Waals surface area contributed by atoms with Crippen molar-refractivity contribution in [3.63, 3.8) is 0 Å². The summed E-state index contributed by atoms with van der Waals surface area (Å²) < 4.78 is 27.6. The van der Waals surface area contributed by atoms with Crippen LogP contribution in [0, 0.1) is 17.6 Å². The summed E-state index contributed by atoms with van der Waals surface area (Å²) in [5.41, 5.74) is 1.11. The van der Waals surface area contributed by atoms with Crippen LogP contribution in [0.2, 0.25) is 0 Å². The second kappa shape index (κ2) is 5.87. The number of fused-ring (bicyclic) bond motifs is 2. The zero-order valence-corrected chi connectivity index (χ0v) is 14.2. The third-order valence-electron chi connectivity index (χ3n) is 6.30. The molecule has 5 nitrogen and oxygen atoms in total. The molecule has 0 spiro atoms. The fourth-order valence-corrected chi connectivity index (χ4v) is 5.27. The Morgan fingerprint density at radius 2 is 1.85 bits per heavy atom. The quantitative estimate of drug-likeness (QED) is 0.897. The highest BCUT2D eigenvalue weighted by Crippen LogP contribution is 2.47. The summed E-state index contributed by atoms with van der Waals surface area (Å²) in [7, 11) is 0. The van der Waals surface area contributed by atoms with E-state index in [0.29, 0.717) is 23.7 Å². The molecule has 0 saturated carbocycles. The van der Waals surface area contributed by atoms with E-state index < -0.39 is 11.6 Å². The number of aromatic nitrogens is 2. The minimum absolute atomic E-state index is 0.0781. The van der Waals surface area contributed by atoms with E-state index in [9.17, 15) is 13.6 Å². The Kier molecular flexibility index (Phi) is 3.60. The molecule has 5 heterocycles. The lowest BCUT2D eigenvalue weighted by Crippen LogP contribution is -2.60. The van der Waals surface area contributed by atoms with Gasteiger partial charge in [-0.15, -0.1) is 0 Å². The van der Waals surface area contributed by atoms with Gasteiger partial charge >= 0.3 is 0 Å². The molecule has 1 aromatic heterocycles. The van der Waals surface area contributed by atoms with E-state index in [0.717, 1.165) is 32.0 Å². The van der Waals surface area contributed by atoms with Gasteiger partial charge < -0.3 is 4.90 Å². The monoisotopic (exact) mass is 358 g/mol. The maximum atomic E-state index is 13.8. The summed E-state index contributed by atoms with van der Waals surface area (Å²) in [5, 5.41) is 6.64. The van der Waals surface area contributed by atoms with Crippen molar-refractivity contribution in [2.24, 2.45) is 5.92 Å². The van der Waals surface area contributed by atoms with Gasteiger partial charge in [-0.3, -0.25) is 14.8 Å². The summed E-state index contributed by atoms with van der Waals surface area (Å²) in [5.74, 6) is -0.845. The van der Waals surface area contributed by atoms with Crippen LogP contribution < -0.4 is 0 Å². The van der Waals surface area contributed by atoms with E-state index in [1.807, 2.05) is 4.90 Å². The Labute approximate surface area is 150 Å². The van der Waals surface area contributed by atoms with Crippen LogP contribution in [0.5, 0.6) is 0 Å². The number of benzene rings is 1. The number of aromatic amines is 1. The molecule has 6 rings (SSSR count). The molecule has 4 aliphatic heterocycles.